The van der Waals surface area contributed by atoms with E-state index in [9.17, 15) is 9.90 Å². The van der Waals surface area contributed by atoms with E-state index >= 15 is 0 Å². The summed E-state index contributed by atoms with van der Waals surface area (Å²) in [4.78, 5) is 11.4. The van der Waals surface area contributed by atoms with Gasteiger partial charge in [-0.05, 0) is 40.0 Å². The highest BCUT2D eigenvalue weighted by atomic mass is 16.6. The SMILES string of the molecule is CCCCC[C@@H](O)CCCC(=O)OC(C)(C)C. The molecule has 3 heteroatoms. The Morgan fingerprint density at radius 1 is 1.18 bits per heavy atom. The van der Waals surface area contributed by atoms with Crippen molar-refractivity contribution in [1.29, 1.82) is 0 Å². The minimum atomic E-state index is -0.406. The number of ether oxygens (including phenoxy) is 1. The van der Waals surface area contributed by atoms with E-state index in [2.05, 4.69) is 6.92 Å². The van der Waals surface area contributed by atoms with Gasteiger partial charge in [0.2, 0.25) is 0 Å². The van der Waals surface area contributed by atoms with Gasteiger partial charge in [0.25, 0.3) is 0 Å². The van der Waals surface area contributed by atoms with Gasteiger partial charge in [-0.2, -0.15) is 0 Å². The summed E-state index contributed by atoms with van der Waals surface area (Å²) in [5, 5.41) is 9.67. The third-order valence-corrected chi connectivity index (χ3v) is 2.48. The second kappa shape index (κ2) is 8.51. The molecule has 0 fully saturated rings. The maximum Gasteiger partial charge on any atom is 0.306 e. The molecule has 0 saturated carbocycles. The normalized spacial score (nSPS) is 13.5. The number of carbonyl (C=O) groups excluding carboxylic acids is 1. The van der Waals surface area contributed by atoms with Crippen LogP contribution in [0.3, 0.4) is 0 Å². The Kier molecular flexibility index (Phi) is 8.23. The van der Waals surface area contributed by atoms with Crippen molar-refractivity contribution in [2.24, 2.45) is 0 Å². The summed E-state index contributed by atoms with van der Waals surface area (Å²) >= 11 is 0. The Bertz CT molecular complexity index is 206. The number of aliphatic hydroxyl groups excluding tert-OH is 1. The van der Waals surface area contributed by atoms with Gasteiger partial charge in [0.05, 0.1) is 6.10 Å². The molecular weight excluding hydrogens is 216 g/mol. The molecule has 0 rings (SSSR count). The topological polar surface area (TPSA) is 46.5 Å². The molecule has 0 aromatic carbocycles. The molecule has 0 unspecified atom stereocenters. The van der Waals surface area contributed by atoms with Crippen LogP contribution in [0.25, 0.3) is 0 Å². The number of unbranched alkanes of at least 4 members (excludes halogenated alkanes) is 2. The highest BCUT2D eigenvalue weighted by molar-refractivity contribution is 5.69. The van der Waals surface area contributed by atoms with E-state index in [-0.39, 0.29) is 12.1 Å². The van der Waals surface area contributed by atoms with Crippen LogP contribution >= 0.6 is 0 Å². The van der Waals surface area contributed by atoms with Gasteiger partial charge in [0.15, 0.2) is 0 Å². The summed E-state index contributed by atoms with van der Waals surface area (Å²) in [6.07, 6.45) is 5.82. The highest BCUT2D eigenvalue weighted by Crippen LogP contribution is 2.12. The Morgan fingerprint density at radius 2 is 1.76 bits per heavy atom. The molecule has 0 aliphatic carbocycles. The third kappa shape index (κ3) is 11.7. The summed E-state index contributed by atoms with van der Waals surface area (Å²) in [7, 11) is 0. The zero-order valence-electron chi connectivity index (χ0n) is 11.8. The zero-order valence-corrected chi connectivity index (χ0v) is 11.8. The third-order valence-electron chi connectivity index (χ3n) is 2.48. The number of carbonyl (C=O) groups is 1. The van der Waals surface area contributed by atoms with Gasteiger partial charge in [-0.15, -0.1) is 0 Å². The maximum atomic E-state index is 11.4. The van der Waals surface area contributed by atoms with Crippen molar-refractivity contribution in [3.8, 4) is 0 Å². The average Bonchev–Trinajstić information content (AvgIpc) is 2.15. The minimum Gasteiger partial charge on any atom is -0.460 e. The molecule has 0 radical (unpaired) electrons. The van der Waals surface area contributed by atoms with Crippen molar-refractivity contribution in [2.45, 2.75) is 84.3 Å². The Labute approximate surface area is 106 Å². The predicted octanol–water partition coefficient (Wildman–Crippen LogP) is 3.44. The van der Waals surface area contributed by atoms with E-state index in [1.54, 1.807) is 0 Å². The van der Waals surface area contributed by atoms with Gasteiger partial charge in [0.1, 0.15) is 5.60 Å². The number of aliphatic hydroxyl groups is 1. The van der Waals surface area contributed by atoms with E-state index in [4.69, 9.17) is 4.74 Å². The van der Waals surface area contributed by atoms with Gasteiger partial charge in [-0.3, -0.25) is 4.79 Å². The molecule has 1 atom stereocenters. The largest absolute Gasteiger partial charge is 0.460 e. The second-order valence-electron chi connectivity index (χ2n) is 5.63. The predicted molar refractivity (Wildman–Crippen MR) is 69.8 cm³/mol. The van der Waals surface area contributed by atoms with Gasteiger partial charge in [0, 0.05) is 6.42 Å². The van der Waals surface area contributed by atoms with Gasteiger partial charge in [-0.1, -0.05) is 26.2 Å². The van der Waals surface area contributed by atoms with Crippen molar-refractivity contribution < 1.29 is 14.6 Å². The molecule has 0 spiro atoms. The summed E-state index contributed by atoms with van der Waals surface area (Å²) in [6.45, 7) is 7.74. The van der Waals surface area contributed by atoms with Crippen LogP contribution in [-0.4, -0.2) is 22.8 Å². The first kappa shape index (κ1) is 16.4. The molecule has 0 aliphatic heterocycles. The first-order chi connectivity index (χ1) is 7.85. The van der Waals surface area contributed by atoms with Crippen LogP contribution in [-0.2, 0) is 9.53 Å². The lowest BCUT2D eigenvalue weighted by molar-refractivity contribution is -0.155. The molecule has 0 heterocycles. The molecule has 3 nitrogen and oxygen atoms in total. The fourth-order valence-corrected chi connectivity index (χ4v) is 1.65. The smallest absolute Gasteiger partial charge is 0.306 e. The van der Waals surface area contributed by atoms with Crippen molar-refractivity contribution >= 4 is 5.97 Å². The average molecular weight is 244 g/mol. The minimum absolute atomic E-state index is 0.168. The van der Waals surface area contributed by atoms with Gasteiger partial charge < -0.3 is 9.84 Å². The van der Waals surface area contributed by atoms with E-state index in [0.29, 0.717) is 19.3 Å². The lowest BCUT2D eigenvalue weighted by Gasteiger charge is -2.19. The van der Waals surface area contributed by atoms with E-state index in [1.165, 1.54) is 12.8 Å². The van der Waals surface area contributed by atoms with E-state index in [1.807, 2.05) is 20.8 Å². The first-order valence-electron chi connectivity index (χ1n) is 6.75. The van der Waals surface area contributed by atoms with Gasteiger partial charge >= 0.3 is 5.97 Å². The Morgan fingerprint density at radius 3 is 2.29 bits per heavy atom. The number of hydrogen-bond donors (Lipinski definition) is 1. The van der Waals surface area contributed by atoms with Crippen LogP contribution in [0.1, 0.15) is 72.6 Å². The number of esters is 1. The molecular formula is C14H28O3. The van der Waals surface area contributed by atoms with Crippen LogP contribution in [0, 0.1) is 0 Å². The lowest BCUT2D eigenvalue weighted by Crippen LogP contribution is -2.23. The van der Waals surface area contributed by atoms with Crippen molar-refractivity contribution in [3.63, 3.8) is 0 Å². The highest BCUT2D eigenvalue weighted by Gasteiger charge is 2.16. The molecule has 0 aromatic heterocycles. The van der Waals surface area contributed by atoms with Crippen LogP contribution in [0.5, 0.6) is 0 Å². The fraction of sp³-hybridized carbons (Fsp3) is 0.929. The summed E-state index contributed by atoms with van der Waals surface area (Å²) < 4.78 is 5.20. The Balaban J connectivity index is 3.52. The standard InChI is InChI=1S/C14H28O3/c1-5-6-7-9-12(15)10-8-11-13(16)17-14(2,3)4/h12,15H,5-11H2,1-4H3/t12-/m1/s1. The molecule has 0 amide bonds. The van der Waals surface area contributed by atoms with Crippen molar-refractivity contribution in [2.75, 3.05) is 0 Å². The first-order valence-corrected chi connectivity index (χ1v) is 6.75. The molecule has 0 bridgehead atoms. The Hall–Kier alpha value is -0.570. The van der Waals surface area contributed by atoms with Crippen LogP contribution in [0.4, 0.5) is 0 Å². The van der Waals surface area contributed by atoms with Crippen molar-refractivity contribution in [1.82, 2.24) is 0 Å². The maximum absolute atomic E-state index is 11.4. The van der Waals surface area contributed by atoms with Crippen LogP contribution < -0.4 is 0 Å². The number of hydrogen-bond acceptors (Lipinski definition) is 3. The quantitative estimate of drug-likeness (QED) is 0.525. The van der Waals surface area contributed by atoms with Crippen LogP contribution in [0.2, 0.25) is 0 Å². The van der Waals surface area contributed by atoms with Gasteiger partial charge in [-0.25, -0.2) is 0 Å². The summed E-state index contributed by atoms with van der Waals surface area (Å²) in [6, 6.07) is 0. The molecule has 0 aromatic rings. The number of rotatable bonds is 8. The molecule has 17 heavy (non-hydrogen) atoms. The van der Waals surface area contributed by atoms with E-state index < -0.39 is 5.60 Å². The molecule has 0 saturated heterocycles. The fourth-order valence-electron chi connectivity index (χ4n) is 1.65. The van der Waals surface area contributed by atoms with E-state index in [0.717, 1.165) is 12.8 Å². The second-order valence-corrected chi connectivity index (χ2v) is 5.63. The zero-order chi connectivity index (χ0) is 13.3. The molecule has 1 N–H and O–H groups in total. The summed E-state index contributed by atoms with van der Waals surface area (Å²) in [5.41, 5.74) is -0.406. The van der Waals surface area contributed by atoms with Crippen LogP contribution in [0.15, 0.2) is 0 Å². The van der Waals surface area contributed by atoms with Crippen molar-refractivity contribution in [3.05, 3.63) is 0 Å². The molecule has 0 aliphatic rings. The lowest BCUT2D eigenvalue weighted by atomic mass is 10.1. The molecule has 102 valence electrons. The monoisotopic (exact) mass is 244 g/mol. The summed E-state index contributed by atoms with van der Waals surface area (Å²) in [5.74, 6) is -0.168.